The van der Waals surface area contributed by atoms with Crippen LogP contribution in [0.4, 0.5) is 0 Å². The van der Waals surface area contributed by atoms with Crippen molar-refractivity contribution in [3.63, 3.8) is 0 Å². The molecule has 0 spiro atoms. The van der Waals surface area contributed by atoms with Gasteiger partial charge in [-0.2, -0.15) is 8.42 Å². The molecular formula is C5H11ClO5S2. The fourth-order valence-corrected chi connectivity index (χ4v) is 3.01. The maximum atomic E-state index is 11.1. The molecule has 0 fully saturated rings. The van der Waals surface area contributed by atoms with Gasteiger partial charge in [-0.25, -0.2) is 8.42 Å². The minimum absolute atomic E-state index is 0.00425. The third-order valence-electron chi connectivity index (χ3n) is 1.33. The summed E-state index contributed by atoms with van der Waals surface area (Å²) in [7, 11) is -7.70. The largest absolute Gasteiger partial charge is 0.284 e. The van der Waals surface area contributed by atoms with Gasteiger partial charge in [0, 0.05) is 12.1 Å². The van der Waals surface area contributed by atoms with Gasteiger partial charge < -0.3 is 0 Å². The molecule has 0 rings (SSSR count). The predicted molar refractivity (Wildman–Crippen MR) is 49.9 cm³/mol. The van der Waals surface area contributed by atoms with Crippen molar-refractivity contribution < 1.29 is 21.0 Å². The van der Waals surface area contributed by atoms with Crippen LogP contribution in [0.2, 0.25) is 0 Å². The van der Waals surface area contributed by atoms with Crippen LogP contribution >= 0.6 is 11.6 Å². The molecule has 0 heterocycles. The van der Waals surface area contributed by atoms with E-state index in [1.54, 1.807) is 0 Å². The summed E-state index contributed by atoms with van der Waals surface area (Å²) >= 11 is 5.19. The Hall–Kier alpha value is 0.150. The van der Waals surface area contributed by atoms with E-state index >= 15 is 0 Å². The molecule has 0 aromatic rings. The lowest BCUT2D eigenvalue weighted by Crippen LogP contribution is -2.28. The van der Waals surface area contributed by atoms with Crippen LogP contribution in [0.15, 0.2) is 0 Å². The van der Waals surface area contributed by atoms with Gasteiger partial charge in [0.25, 0.3) is 10.1 Å². The van der Waals surface area contributed by atoms with Crippen LogP contribution in [0.5, 0.6) is 0 Å². The number of alkyl halides is 1. The molecule has 13 heavy (non-hydrogen) atoms. The first kappa shape index (κ1) is 13.2. The van der Waals surface area contributed by atoms with Crippen molar-refractivity contribution in [3.05, 3.63) is 0 Å². The Balaban J connectivity index is 4.67. The Morgan fingerprint density at radius 3 is 2.08 bits per heavy atom. The van der Waals surface area contributed by atoms with E-state index in [0.717, 1.165) is 13.2 Å². The molecule has 80 valence electrons. The molecule has 0 aromatic heterocycles. The second-order valence-electron chi connectivity index (χ2n) is 2.40. The lowest BCUT2D eigenvalue weighted by atomic mass is 10.9. The van der Waals surface area contributed by atoms with E-state index in [9.17, 15) is 16.8 Å². The van der Waals surface area contributed by atoms with Crippen molar-refractivity contribution in [1.29, 1.82) is 0 Å². The minimum Gasteiger partial charge on any atom is -0.268 e. The first-order valence-corrected chi connectivity index (χ1v) is 7.31. The van der Waals surface area contributed by atoms with Crippen LogP contribution in [-0.2, 0) is 24.1 Å². The van der Waals surface area contributed by atoms with Gasteiger partial charge in [0.05, 0.1) is 6.61 Å². The van der Waals surface area contributed by atoms with Crippen LogP contribution in [-0.4, -0.2) is 40.2 Å². The van der Waals surface area contributed by atoms with Gasteiger partial charge in [-0.15, -0.1) is 11.6 Å². The first-order valence-electron chi connectivity index (χ1n) is 3.35. The van der Waals surface area contributed by atoms with E-state index < -0.39 is 24.5 Å². The van der Waals surface area contributed by atoms with Crippen LogP contribution < -0.4 is 0 Å². The molecule has 0 aliphatic heterocycles. The molecule has 0 saturated heterocycles. The Labute approximate surface area is 83.1 Å². The number of halogens is 1. The van der Waals surface area contributed by atoms with Gasteiger partial charge in [0.15, 0.2) is 14.4 Å². The zero-order chi connectivity index (χ0) is 10.7. The fourth-order valence-electron chi connectivity index (χ4n) is 0.458. The third kappa shape index (κ3) is 4.26. The summed E-state index contributed by atoms with van der Waals surface area (Å²) in [6.07, 6.45) is 0.833. The zero-order valence-electron chi connectivity index (χ0n) is 7.23. The van der Waals surface area contributed by atoms with Gasteiger partial charge in [-0.05, 0) is 6.92 Å². The number of rotatable bonds is 5. The summed E-state index contributed by atoms with van der Waals surface area (Å²) in [5.41, 5.74) is 0. The Morgan fingerprint density at radius 2 is 1.77 bits per heavy atom. The molecule has 0 radical (unpaired) electrons. The highest BCUT2D eigenvalue weighted by Gasteiger charge is 2.30. The normalized spacial score (nSPS) is 15.6. The second-order valence-corrected chi connectivity index (χ2v) is 7.37. The van der Waals surface area contributed by atoms with Crippen molar-refractivity contribution in [2.24, 2.45) is 0 Å². The van der Waals surface area contributed by atoms with E-state index in [4.69, 9.17) is 11.6 Å². The smallest absolute Gasteiger partial charge is 0.268 e. The third-order valence-corrected chi connectivity index (χ3v) is 5.76. The molecule has 0 saturated carbocycles. The molecule has 0 bridgehead atoms. The summed E-state index contributed by atoms with van der Waals surface area (Å²) in [5, 5.41) is 0. The lowest BCUT2D eigenvalue weighted by Gasteiger charge is -2.09. The summed E-state index contributed by atoms with van der Waals surface area (Å²) in [4.78, 5) is 0. The monoisotopic (exact) mass is 250 g/mol. The summed E-state index contributed by atoms with van der Waals surface area (Å²) < 4.78 is 46.6. The Morgan fingerprint density at radius 1 is 1.31 bits per heavy atom. The molecule has 1 unspecified atom stereocenters. The van der Waals surface area contributed by atoms with Crippen molar-refractivity contribution >= 4 is 31.6 Å². The van der Waals surface area contributed by atoms with Crippen LogP contribution in [0, 0.1) is 0 Å². The maximum absolute atomic E-state index is 11.1. The summed E-state index contributed by atoms with van der Waals surface area (Å²) in [6.45, 7) is 0.836. The van der Waals surface area contributed by atoms with Crippen molar-refractivity contribution in [3.8, 4) is 0 Å². The minimum atomic E-state index is -4.05. The summed E-state index contributed by atoms with van der Waals surface area (Å²) in [5.74, 6) is -0.00425. The molecule has 5 nitrogen and oxygen atoms in total. The van der Waals surface area contributed by atoms with E-state index in [2.05, 4.69) is 4.18 Å². The number of hydrogen-bond acceptors (Lipinski definition) is 5. The van der Waals surface area contributed by atoms with Crippen LogP contribution in [0.25, 0.3) is 0 Å². The average Bonchev–Trinajstić information content (AvgIpc) is 1.98. The maximum Gasteiger partial charge on any atom is 0.284 e. The molecule has 1 atom stereocenters. The predicted octanol–water partition coefficient (Wildman–Crippen LogP) is -0.0378. The fraction of sp³-hybridized carbons (Fsp3) is 1.00. The van der Waals surface area contributed by atoms with E-state index in [1.165, 1.54) is 0 Å². The highest BCUT2D eigenvalue weighted by Crippen LogP contribution is 2.09. The van der Waals surface area contributed by atoms with Gasteiger partial charge in [0.2, 0.25) is 0 Å². The standard InChI is InChI=1S/C5H11ClO5S2/c1-5(12(2,7)8)13(9,10)11-4-3-6/h5H,3-4H2,1-2H3. The molecular weight excluding hydrogens is 240 g/mol. The van der Waals surface area contributed by atoms with Crippen molar-refractivity contribution in [1.82, 2.24) is 0 Å². The van der Waals surface area contributed by atoms with E-state index in [-0.39, 0.29) is 12.5 Å². The molecule has 0 aliphatic carbocycles. The van der Waals surface area contributed by atoms with Gasteiger partial charge >= 0.3 is 0 Å². The molecule has 0 N–H and O–H groups in total. The highest BCUT2D eigenvalue weighted by molar-refractivity contribution is 8.06. The first-order chi connectivity index (χ1) is 5.72. The lowest BCUT2D eigenvalue weighted by molar-refractivity contribution is 0.339. The second kappa shape index (κ2) is 4.59. The van der Waals surface area contributed by atoms with Gasteiger partial charge in [-0.1, -0.05) is 0 Å². The highest BCUT2D eigenvalue weighted by atomic mass is 35.5. The van der Waals surface area contributed by atoms with Gasteiger partial charge in [0.1, 0.15) is 0 Å². The molecule has 8 heteroatoms. The molecule has 0 aromatic carbocycles. The number of sulfone groups is 1. The SMILES string of the molecule is CC(S(C)(=O)=O)S(=O)(=O)OCCCl. The van der Waals surface area contributed by atoms with Crippen molar-refractivity contribution in [2.75, 3.05) is 18.7 Å². The average molecular weight is 251 g/mol. The molecule has 0 amide bonds. The van der Waals surface area contributed by atoms with E-state index in [1.807, 2.05) is 0 Å². The van der Waals surface area contributed by atoms with Crippen molar-refractivity contribution in [2.45, 2.75) is 11.5 Å². The topological polar surface area (TPSA) is 77.5 Å². The van der Waals surface area contributed by atoms with Crippen LogP contribution in [0.3, 0.4) is 0 Å². The Bertz CT molecular complexity index is 343. The molecule has 0 aliphatic rings. The number of hydrogen-bond donors (Lipinski definition) is 0. The van der Waals surface area contributed by atoms with Gasteiger partial charge in [-0.3, -0.25) is 4.18 Å². The van der Waals surface area contributed by atoms with E-state index in [0.29, 0.717) is 0 Å². The van der Waals surface area contributed by atoms with Crippen LogP contribution in [0.1, 0.15) is 6.92 Å². The quantitative estimate of drug-likeness (QED) is 0.506. The zero-order valence-corrected chi connectivity index (χ0v) is 9.62. The summed E-state index contributed by atoms with van der Waals surface area (Å²) in [6, 6.07) is 0. The Kier molecular flexibility index (Phi) is 4.64.